The summed E-state index contributed by atoms with van der Waals surface area (Å²) in [5.74, 6) is -1.09. The molecule has 1 heterocycles. The van der Waals surface area contributed by atoms with Gasteiger partial charge in [0.15, 0.2) is 11.6 Å². The van der Waals surface area contributed by atoms with E-state index in [1.165, 1.54) is 12.1 Å². The average molecular weight is 246 g/mol. The van der Waals surface area contributed by atoms with Crippen molar-refractivity contribution in [3.8, 4) is 5.75 Å². The predicted molar refractivity (Wildman–Crippen MR) is 69.8 cm³/mol. The smallest absolute Gasteiger partial charge is 0.165 e. The van der Waals surface area contributed by atoms with Crippen LogP contribution in [0.25, 0.3) is 10.9 Å². The van der Waals surface area contributed by atoms with E-state index in [1.807, 2.05) is 13.8 Å². The maximum absolute atomic E-state index is 13.4. The van der Waals surface area contributed by atoms with Gasteiger partial charge in [0.05, 0.1) is 5.52 Å². The van der Waals surface area contributed by atoms with Crippen molar-refractivity contribution in [3.05, 3.63) is 35.3 Å². The Morgan fingerprint density at radius 3 is 2.78 bits per heavy atom. The van der Waals surface area contributed by atoms with E-state index in [2.05, 4.69) is 4.98 Å². The van der Waals surface area contributed by atoms with Gasteiger partial charge in [-0.1, -0.05) is 13.3 Å². The van der Waals surface area contributed by atoms with Crippen LogP contribution in [-0.2, 0) is 0 Å². The van der Waals surface area contributed by atoms with Gasteiger partial charge in [-0.25, -0.2) is 4.39 Å². The van der Waals surface area contributed by atoms with Crippen LogP contribution >= 0.6 is 0 Å². The zero-order chi connectivity index (χ0) is 13.3. The summed E-state index contributed by atoms with van der Waals surface area (Å²) >= 11 is 0. The number of pyridine rings is 1. The second-order valence-electron chi connectivity index (χ2n) is 4.36. The van der Waals surface area contributed by atoms with E-state index in [9.17, 15) is 9.50 Å². The number of phenolic OH excluding ortho intramolecular Hbond substituents is 1. The summed E-state index contributed by atoms with van der Waals surface area (Å²) in [6, 6.07) is 4.34. The monoisotopic (exact) mass is 246 g/mol. The predicted octanol–water partition coefficient (Wildman–Crippen LogP) is 3.56. The lowest BCUT2D eigenvalue weighted by atomic mass is 10.0. The summed E-state index contributed by atoms with van der Waals surface area (Å²) in [7, 11) is 0. The Morgan fingerprint density at radius 2 is 2.11 bits per heavy atom. The van der Waals surface area contributed by atoms with Gasteiger partial charge in [0.2, 0.25) is 0 Å². The van der Waals surface area contributed by atoms with Gasteiger partial charge in [0.1, 0.15) is 0 Å². The molecule has 18 heavy (non-hydrogen) atoms. The second kappa shape index (κ2) is 4.72. The molecular formula is C14H15FN2O. The van der Waals surface area contributed by atoms with E-state index in [-0.39, 0.29) is 0 Å². The van der Waals surface area contributed by atoms with Crippen LogP contribution in [0, 0.1) is 18.2 Å². The molecule has 0 unspecified atom stereocenters. The van der Waals surface area contributed by atoms with Gasteiger partial charge in [-0.15, -0.1) is 0 Å². The van der Waals surface area contributed by atoms with Crippen LogP contribution in [-0.4, -0.2) is 15.8 Å². The lowest BCUT2D eigenvalue weighted by Gasteiger charge is -2.09. The van der Waals surface area contributed by atoms with E-state index in [1.54, 1.807) is 6.07 Å². The number of nitrogens with zero attached hydrogens (tertiary/aromatic N) is 1. The number of rotatable bonds is 3. The molecule has 2 N–H and O–H groups in total. The Labute approximate surface area is 105 Å². The van der Waals surface area contributed by atoms with Gasteiger partial charge in [-0.2, -0.15) is 0 Å². The molecule has 0 atom stereocenters. The quantitative estimate of drug-likeness (QED) is 0.813. The average Bonchev–Trinajstić information content (AvgIpc) is 2.30. The number of hydrogen-bond acceptors (Lipinski definition) is 3. The molecule has 0 aliphatic heterocycles. The number of benzene rings is 1. The van der Waals surface area contributed by atoms with Crippen molar-refractivity contribution in [3.63, 3.8) is 0 Å². The van der Waals surface area contributed by atoms with Gasteiger partial charge in [-0.3, -0.25) is 4.98 Å². The summed E-state index contributed by atoms with van der Waals surface area (Å²) in [5.41, 5.74) is 2.44. The van der Waals surface area contributed by atoms with Crippen LogP contribution in [0.4, 0.5) is 4.39 Å². The van der Waals surface area contributed by atoms with Gasteiger partial charge >= 0.3 is 0 Å². The molecule has 0 spiro atoms. The van der Waals surface area contributed by atoms with E-state index in [4.69, 9.17) is 5.41 Å². The van der Waals surface area contributed by atoms with Crippen molar-refractivity contribution < 1.29 is 9.50 Å². The van der Waals surface area contributed by atoms with E-state index in [0.717, 1.165) is 12.1 Å². The highest BCUT2D eigenvalue weighted by Gasteiger charge is 2.11. The molecule has 0 radical (unpaired) electrons. The first kappa shape index (κ1) is 12.5. The van der Waals surface area contributed by atoms with Crippen molar-refractivity contribution in [1.29, 1.82) is 5.41 Å². The second-order valence-corrected chi connectivity index (χ2v) is 4.36. The largest absolute Gasteiger partial charge is 0.505 e. The first-order chi connectivity index (χ1) is 8.52. The Morgan fingerprint density at radius 1 is 1.39 bits per heavy atom. The highest BCUT2D eigenvalue weighted by Crippen LogP contribution is 2.26. The Kier molecular flexibility index (Phi) is 3.28. The molecule has 2 rings (SSSR count). The van der Waals surface area contributed by atoms with Crippen LogP contribution in [0.2, 0.25) is 0 Å². The Bertz CT molecular complexity index is 623. The number of aromatic hydroxyl groups is 1. The van der Waals surface area contributed by atoms with Crippen LogP contribution in [0.3, 0.4) is 0 Å². The molecule has 3 nitrogen and oxygen atoms in total. The molecule has 2 aromatic rings. The van der Waals surface area contributed by atoms with E-state index in [0.29, 0.717) is 28.6 Å². The van der Waals surface area contributed by atoms with Crippen molar-refractivity contribution in [2.45, 2.75) is 26.7 Å². The molecule has 4 heteroatoms. The molecule has 0 aliphatic rings. The molecule has 94 valence electrons. The zero-order valence-electron chi connectivity index (χ0n) is 10.4. The molecule has 0 bridgehead atoms. The van der Waals surface area contributed by atoms with Crippen molar-refractivity contribution in [2.75, 3.05) is 0 Å². The highest BCUT2D eigenvalue weighted by atomic mass is 19.1. The standard InChI is InChI=1S/C14H15FN2O/c1-3-4-12(16)9-5-8(2)17-13-7-14(18)11(15)6-10(9)13/h5-7,16,18H,3-4H2,1-2H3. The minimum Gasteiger partial charge on any atom is -0.505 e. The van der Waals surface area contributed by atoms with E-state index < -0.39 is 11.6 Å². The van der Waals surface area contributed by atoms with Crippen molar-refractivity contribution in [1.82, 2.24) is 4.98 Å². The summed E-state index contributed by atoms with van der Waals surface area (Å²) < 4.78 is 13.4. The Balaban J connectivity index is 2.71. The first-order valence-corrected chi connectivity index (χ1v) is 5.90. The van der Waals surface area contributed by atoms with Crippen molar-refractivity contribution >= 4 is 16.6 Å². The van der Waals surface area contributed by atoms with Gasteiger partial charge < -0.3 is 10.5 Å². The number of nitrogens with one attached hydrogen (secondary N) is 1. The Hall–Kier alpha value is -1.97. The third-order valence-corrected chi connectivity index (χ3v) is 2.83. The van der Waals surface area contributed by atoms with Crippen LogP contribution in [0.1, 0.15) is 31.0 Å². The van der Waals surface area contributed by atoms with Gasteiger partial charge in [0.25, 0.3) is 0 Å². The van der Waals surface area contributed by atoms with Crippen LogP contribution in [0.15, 0.2) is 18.2 Å². The topological polar surface area (TPSA) is 57.0 Å². The normalized spacial score (nSPS) is 10.8. The highest BCUT2D eigenvalue weighted by molar-refractivity contribution is 6.08. The maximum Gasteiger partial charge on any atom is 0.165 e. The third kappa shape index (κ3) is 2.18. The summed E-state index contributed by atoms with van der Waals surface area (Å²) in [6.07, 6.45) is 1.50. The fourth-order valence-corrected chi connectivity index (χ4v) is 2.00. The van der Waals surface area contributed by atoms with Crippen molar-refractivity contribution in [2.24, 2.45) is 0 Å². The number of fused-ring (bicyclic) bond motifs is 1. The SMILES string of the molecule is CCCC(=N)c1cc(C)nc2cc(O)c(F)cc12. The van der Waals surface area contributed by atoms with Crippen LogP contribution in [0.5, 0.6) is 5.75 Å². The molecule has 0 fully saturated rings. The van der Waals surface area contributed by atoms with Gasteiger partial charge in [0, 0.05) is 28.4 Å². The van der Waals surface area contributed by atoms with E-state index >= 15 is 0 Å². The summed E-state index contributed by atoms with van der Waals surface area (Å²) in [4.78, 5) is 4.26. The number of phenols is 1. The minimum absolute atomic E-state index is 0.409. The summed E-state index contributed by atoms with van der Waals surface area (Å²) in [5, 5.41) is 18.0. The molecule has 0 aliphatic carbocycles. The number of hydrogen-bond donors (Lipinski definition) is 2. The number of aryl methyl sites for hydroxylation is 1. The first-order valence-electron chi connectivity index (χ1n) is 5.90. The molecule has 0 amide bonds. The molecule has 1 aromatic carbocycles. The fraction of sp³-hybridized carbons (Fsp3) is 0.286. The molecule has 0 saturated carbocycles. The molecular weight excluding hydrogens is 231 g/mol. The van der Waals surface area contributed by atoms with Crippen LogP contribution < -0.4 is 0 Å². The zero-order valence-corrected chi connectivity index (χ0v) is 10.4. The number of halogens is 1. The molecule has 0 saturated heterocycles. The maximum atomic E-state index is 13.4. The minimum atomic E-state index is -0.682. The summed E-state index contributed by atoms with van der Waals surface area (Å²) in [6.45, 7) is 3.82. The van der Waals surface area contributed by atoms with Gasteiger partial charge in [-0.05, 0) is 25.5 Å². The molecule has 1 aromatic heterocycles. The third-order valence-electron chi connectivity index (χ3n) is 2.83. The lowest BCUT2D eigenvalue weighted by Crippen LogP contribution is -2.02. The number of aromatic nitrogens is 1. The lowest BCUT2D eigenvalue weighted by molar-refractivity contribution is 0.433. The fourth-order valence-electron chi connectivity index (χ4n) is 2.00.